The van der Waals surface area contributed by atoms with Crippen LogP contribution in [0.5, 0.6) is 0 Å². The zero-order valence-electron chi connectivity index (χ0n) is 11.9. The zero-order valence-corrected chi connectivity index (χ0v) is 11.9. The molecule has 2 N–H and O–H groups in total. The molecule has 1 saturated heterocycles. The molecule has 0 radical (unpaired) electrons. The van der Waals surface area contributed by atoms with Crippen LogP contribution in [0.3, 0.4) is 0 Å². The van der Waals surface area contributed by atoms with Gasteiger partial charge >= 0.3 is 0 Å². The van der Waals surface area contributed by atoms with Gasteiger partial charge in [0.15, 0.2) is 0 Å². The van der Waals surface area contributed by atoms with Gasteiger partial charge in [-0.1, -0.05) is 30.3 Å². The summed E-state index contributed by atoms with van der Waals surface area (Å²) in [6, 6.07) is 10.9. The van der Waals surface area contributed by atoms with Gasteiger partial charge in [0.2, 0.25) is 0 Å². The van der Waals surface area contributed by atoms with Crippen LogP contribution in [0.4, 0.5) is 0 Å². The first kappa shape index (κ1) is 14.5. The van der Waals surface area contributed by atoms with Crippen LogP contribution in [0.25, 0.3) is 0 Å². The number of rotatable bonds is 6. The predicted molar refractivity (Wildman–Crippen MR) is 79.2 cm³/mol. The Bertz CT molecular complexity index is 355. The van der Waals surface area contributed by atoms with E-state index >= 15 is 0 Å². The van der Waals surface area contributed by atoms with E-state index in [0.717, 1.165) is 25.9 Å². The first-order valence-electron chi connectivity index (χ1n) is 7.32. The van der Waals surface area contributed by atoms with E-state index in [4.69, 9.17) is 10.5 Å². The normalized spacial score (nSPS) is 22.3. The third-order valence-corrected chi connectivity index (χ3v) is 3.93. The average molecular weight is 262 g/mol. The molecule has 0 spiro atoms. The molecular formula is C16H26N2O. The summed E-state index contributed by atoms with van der Waals surface area (Å²) >= 11 is 0. The molecule has 2 atom stereocenters. The second-order valence-electron chi connectivity index (χ2n) is 5.54. The van der Waals surface area contributed by atoms with Crippen molar-refractivity contribution in [2.24, 2.45) is 5.73 Å². The van der Waals surface area contributed by atoms with E-state index in [9.17, 15) is 0 Å². The van der Waals surface area contributed by atoms with Gasteiger partial charge in [0.25, 0.3) is 0 Å². The molecule has 2 unspecified atom stereocenters. The van der Waals surface area contributed by atoms with Crippen molar-refractivity contribution in [3.05, 3.63) is 35.9 Å². The number of hydrogen-bond acceptors (Lipinski definition) is 3. The van der Waals surface area contributed by atoms with Gasteiger partial charge in [0, 0.05) is 26.2 Å². The molecule has 0 amide bonds. The number of likely N-dealkylation sites (tertiary alicyclic amines) is 1. The maximum absolute atomic E-state index is 6.26. The molecule has 1 aromatic carbocycles. The molecule has 0 aromatic heterocycles. The Balaban J connectivity index is 1.70. The average Bonchev–Trinajstić information content (AvgIpc) is 2.46. The molecule has 0 saturated carbocycles. The minimum Gasteiger partial charge on any atom is -0.380 e. The van der Waals surface area contributed by atoms with Crippen LogP contribution in [-0.4, -0.2) is 43.8 Å². The van der Waals surface area contributed by atoms with Crippen molar-refractivity contribution in [3.8, 4) is 0 Å². The first-order valence-corrected chi connectivity index (χ1v) is 7.32. The summed E-state index contributed by atoms with van der Waals surface area (Å²) in [5, 5.41) is 0. The van der Waals surface area contributed by atoms with Crippen molar-refractivity contribution in [2.45, 2.75) is 37.8 Å². The zero-order chi connectivity index (χ0) is 13.5. The highest BCUT2D eigenvalue weighted by atomic mass is 16.5. The molecular weight excluding hydrogens is 236 g/mol. The smallest absolute Gasteiger partial charge is 0.0698 e. The van der Waals surface area contributed by atoms with Gasteiger partial charge < -0.3 is 10.5 Å². The van der Waals surface area contributed by atoms with Crippen LogP contribution in [-0.2, 0) is 11.2 Å². The van der Waals surface area contributed by atoms with E-state index in [1.54, 1.807) is 0 Å². The largest absolute Gasteiger partial charge is 0.380 e. The summed E-state index contributed by atoms with van der Waals surface area (Å²) in [5.41, 5.74) is 7.64. The topological polar surface area (TPSA) is 38.5 Å². The van der Waals surface area contributed by atoms with Crippen molar-refractivity contribution in [2.75, 3.05) is 26.7 Å². The van der Waals surface area contributed by atoms with Crippen LogP contribution < -0.4 is 5.73 Å². The van der Waals surface area contributed by atoms with Gasteiger partial charge in [0.1, 0.15) is 0 Å². The van der Waals surface area contributed by atoms with Gasteiger partial charge in [0.05, 0.1) is 6.10 Å². The minimum absolute atomic E-state index is 0.260. The van der Waals surface area contributed by atoms with Gasteiger partial charge in [-0.15, -0.1) is 0 Å². The molecule has 3 nitrogen and oxygen atoms in total. The summed E-state index contributed by atoms with van der Waals surface area (Å²) < 4.78 is 5.45. The number of benzene rings is 1. The van der Waals surface area contributed by atoms with E-state index in [2.05, 4.69) is 35.2 Å². The van der Waals surface area contributed by atoms with Crippen LogP contribution in [0, 0.1) is 0 Å². The van der Waals surface area contributed by atoms with Gasteiger partial charge in [-0.05, 0) is 37.8 Å². The summed E-state index contributed by atoms with van der Waals surface area (Å²) in [6.07, 6.45) is 4.94. The lowest BCUT2D eigenvalue weighted by atomic mass is 10.0. The molecule has 3 heteroatoms. The summed E-state index contributed by atoms with van der Waals surface area (Å²) in [5.74, 6) is 0. The molecule has 106 valence electrons. The Kier molecular flexibility index (Phi) is 5.83. The standard InChI is InChI=1S/C16H26N2O/c1-19-16-8-5-11-18(13-16)12-15(17)10-9-14-6-3-2-4-7-14/h2-4,6-7,15-16H,5,8-13,17H2,1H3. The molecule has 2 rings (SSSR count). The highest BCUT2D eigenvalue weighted by Crippen LogP contribution is 2.13. The number of methoxy groups -OCH3 is 1. The van der Waals surface area contributed by atoms with Crippen LogP contribution in [0.2, 0.25) is 0 Å². The molecule has 1 aliphatic rings. The molecule has 19 heavy (non-hydrogen) atoms. The first-order chi connectivity index (χ1) is 9.28. The molecule has 1 aromatic rings. The summed E-state index contributed by atoms with van der Waals surface area (Å²) in [6.45, 7) is 3.20. The van der Waals surface area contributed by atoms with E-state index in [0.29, 0.717) is 6.10 Å². The lowest BCUT2D eigenvalue weighted by molar-refractivity contribution is 0.0292. The fraction of sp³-hybridized carbons (Fsp3) is 0.625. The lowest BCUT2D eigenvalue weighted by Gasteiger charge is -2.33. The van der Waals surface area contributed by atoms with Crippen molar-refractivity contribution >= 4 is 0 Å². The maximum atomic E-state index is 6.26. The number of piperidine rings is 1. The van der Waals surface area contributed by atoms with Crippen molar-refractivity contribution in [1.29, 1.82) is 0 Å². The van der Waals surface area contributed by atoms with E-state index in [1.807, 2.05) is 7.11 Å². The minimum atomic E-state index is 0.260. The second-order valence-corrected chi connectivity index (χ2v) is 5.54. The van der Waals surface area contributed by atoms with E-state index in [-0.39, 0.29) is 6.04 Å². The van der Waals surface area contributed by atoms with Crippen LogP contribution in [0.15, 0.2) is 30.3 Å². The van der Waals surface area contributed by atoms with Gasteiger partial charge in [-0.3, -0.25) is 4.90 Å². The number of nitrogens with zero attached hydrogens (tertiary/aromatic N) is 1. The fourth-order valence-corrected chi connectivity index (χ4v) is 2.79. The number of aryl methyl sites for hydroxylation is 1. The quantitative estimate of drug-likeness (QED) is 0.853. The number of ether oxygens (including phenoxy) is 1. The van der Waals surface area contributed by atoms with Crippen molar-refractivity contribution in [1.82, 2.24) is 4.90 Å². The Morgan fingerprint density at radius 1 is 1.37 bits per heavy atom. The number of nitrogens with two attached hydrogens (primary N) is 1. The maximum Gasteiger partial charge on any atom is 0.0698 e. The van der Waals surface area contributed by atoms with E-state index in [1.165, 1.54) is 24.9 Å². The summed E-state index contributed by atoms with van der Waals surface area (Å²) in [7, 11) is 1.81. The van der Waals surface area contributed by atoms with Crippen LogP contribution >= 0.6 is 0 Å². The van der Waals surface area contributed by atoms with E-state index < -0.39 is 0 Å². The van der Waals surface area contributed by atoms with Crippen molar-refractivity contribution in [3.63, 3.8) is 0 Å². The molecule has 1 aliphatic heterocycles. The molecule has 1 heterocycles. The monoisotopic (exact) mass is 262 g/mol. The Labute approximate surface area is 116 Å². The third kappa shape index (κ3) is 4.94. The Hall–Kier alpha value is -0.900. The third-order valence-electron chi connectivity index (χ3n) is 3.93. The van der Waals surface area contributed by atoms with Crippen LogP contribution in [0.1, 0.15) is 24.8 Å². The molecule has 0 aliphatic carbocycles. The Morgan fingerprint density at radius 2 is 2.16 bits per heavy atom. The highest BCUT2D eigenvalue weighted by molar-refractivity contribution is 5.14. The van der Waals surface area contributed by atoms with Gasteiger partial charge in [-0.2, -0.15) is 0 Å². The fourth-order valence-electron chi connectivity index (χ4n) is 2.79. The highest BCUT2D eigenvalue weighted by Gasteiger charge is 2.20. The predicted octanol–water partition coefficient (Wildman–Crippen LogP) is 2.06. The lowest BCUT2D eigenvalue weighted by Crippen LogP contribution is -2.45. The summed E-state index contributed by atoms with van der Waals surface area (Å²) in [4.78, 5) is 2.45. The second kappa shape index (κ2) is 7.63. The number of hydrogen-bond donors (Lipinski definition) is 1. The van der Waals surface area contributed by atoms with Crippen molar-refractivity contribution < 1.29 is 4.74 Å². The molecule has 1 fully saturated rings. The Morgan fingerprint density at radius 3 is 2.89 bits per heavy atom. The molecule has 0 bridgehead atoms. The SMILES string of the molecule is COC1CCCN(CC(N)CCc2ccccc2)C1. The van der Waals surface area contributed by atoms with Gasteiger partial charge in [-0.25, -0.2) is 0 Å².